The van der Waals surface area contributed by atoms with E-state index in [1.54, 1.807) is 13.8 Å². The highest BCUT2D eigenvalue weighted by molar-refractivity contribution is 5.97. The summed E-state index contributed by atoms with van der Waals surface area (Å²) in [6.07, 6.45) is -0.725. The number of unbranched alkanes of at least 4 members (excludes halogenated alkanes) is 3. The van der Waals surface area contributed by atoms with Crippen LogP contribution in [0.15, 0.2) is 24.3 Å². The Hall–Kier alpha value is -2.05. The first-order valence-electron chi connectivity index (χ1n) is 8.81. The van der Waals surface area contributed by atoms with Gasteiger partial charge in [-0.05, 0) is 30.5 Å². The number of benzene rings is 1. The van der Waals surface area contributed by atoms with Gasteiger partial charge in [-0.2, -0.15) is 13.2 Å². The van der Waals surface area contributed by atoms with Gasteiger partial charge in [-0.15, -0.1) is 0 Å². The summed E-state index contributed by atoms with van der Waals surface area (Å²) in [4.78, 5) is 24.5. The van der Waals surface area contributed by atoms with Crippen molar-refractivity contribution in [2.45, 2.75) is 58.7 Å². The molecule has 1 aromatic rings. The van der Waals surface area contributed by atoms with Gasteiger partial charge in [-0.1, -0.05) is 46.1 Å². The average molecular weight is 373 g/mol. The van der Waals surface area contributed by atoms with Crippen LogP contribution in [0, 0.1) is 5.92 Å². The van der Waals surface area contributed by atoms with Crippen LogP contribution in [-0.2, 0) is 15.7 Å². The van der Waals surface area contributed by atoms with Crippen LogP contribution in [-0.4, -0.2) is 24.5 Å². The van der Waals surface area contributed by atoms with Crippen molar-refractivity contribution in [3.63, 3.8) is 0 Å². The molecule has 0 bridgehead atoms. The van der Waals surface area contributed by atoms with Crippen molar-refractivity contribution >= 4 is 11.9 Å². The van der Waals surface area contributed by atoms with E-state index in [0.717, 1.165) is 43.9 Å². The summed E-state index contributed by atoms with van der Waals surface area (Å²) in [5.41, 5.74) is -1.06. The highest BCUT2D eigenvalue weighted by Gasteiger charge is 2.31. The highest BCUT2D eigenvalue weighted by Crippen LogP contribution is 2.29. The van der Waals surface area contributed by atoms with Crippen LogP contribution in [0.4, 0.5) is 13.2 Å². The molecule has 1 unspecified atom stereocenters. The van der Waals surface area contributed by atoms with Gasteiger partial charge in [0.25, 0.3) is 5.91 Å². The third-order valence-electron chi connectivity index (χ3n) is 3.90. The first kappa shape index (κ1) is 22.0. The third-order valence-corrected chi connectivity index (χ3v) is 3.90. The molecular weight excluding hydrogens is 347 g/mol. The minimum absolute atomic E-state index is 0.152. The Kier molecular flexibility index (Phi) is 8.61. The van der Waals surface area contributed by atoms with Gasteiger partial charge < -0.3 is 10.1 Å². The zero-order valence-corrected chi connectivity index (χ0v) is 15.4. The molecule has 1 rings (SSSR count). The zero-order chi connectivity index (χ0) is 19.7. The van der Waals surface area contributed by atoms with Gasteiger partial charge in [0.2, 0.25) is 0 Å². The summed E-state index contributed by atoms with van der Waals surface area (Å²) in [6.45, 7) is 5.80. The number of nitrogens with one attached hydrogen (secondary N) is 1. The van der Waals surface area contributed by atoms with E-state index in [-0.39, 0.29) is 18.1 Å². The molecule has 0 fully saturated rings. The van der Waals surface area contributed by atoms with Crippen LogP contribution in [0.1, 0.15) is 62.4 Å². The maximum absolute atomic E-state index is 12.8. The summed E-state index contributed by atoms with van der Waals surface area (Å²) in [5, 5.41) is 2.48. The molecule has 1 N–H and O–H groups in total. The molecule has 0 saturated carbocycles. The van der Waals surface area contributed by atoms with Gasteiger partial charge in [0.15, 0.2) is 0 Å². The maximum Gasteiger partial charge on any atom is 0.416 e. The molecule has 0 spiro atoms. The second-order valence-corrected chi connectivity index (χ2v) is 6.50. The number of carbonyl (C=O) groups excluding carboxylic acids is 2. The number of hydrogen-bond donors (Lipinski definition) is 1. The van der Waals surface area contributed by atoms with E-state index in [2.05, 4.69) is 12.2 Å². The molecule has 0 aliphatic rings. The Balaban J connectivity index is 2.72. The van der Waals surface area contributed by atoms with E-state index >= 15 is 0 Å². The average Bonchev–Trinajstić information content (AvgIpc) is 2.58. The first-order chi connectivity index (χ1) is 12.2. The summed E-state index contributed by atoms with van der Waals surface area (Å²) in [6, 6.07) is 3.18. The minimum Gasteiger partial charge on any atom is -0.464 e. The van der Waals surface area contributed by atoms with Gasteiger partial charge in [-0.25, -0.2) is 4.79 Å². The molecule has 1 amide bonds. The van der Waals surface area contributed by atoms with Crippen molar-refractivity contribution in [2.75, 3.05) is 6.61 Å². The number of amides is 1. The van der Waals surface area contributed by atoms with Crippen molar-refractivity contribution in [2.24, 2.45) is 5.92 Å². The minimum atomic E-state index is -4.54. The van der Waals surface area contributed by atoms with E-state index in [4.69, 9.17) is 4.74 Å². The van der Waals surface area contributed by atoms with Crippen LogP contribution < -0.4 is 5.32 Å². The Labute approximate surface area is 152 Å². The van der Waals surface area contributed by atoms with Crippen LogP contribution in [0.3, 0.4) is 0 Å². The van der Waals surface area contributed by atoms with E-state index in [1.807, 2.05) is 0 Å². The fourth-order valence-electron chi connectivity index (χ4n) is 2.35. The molecule has 0 heterocycles. The molecule has 1 atom stereocenters. The lowest BCUT2D eigenvalue weighted by molar-refractivity contribution is -0.147. The van der Waals surface area contributed by atoms with Crippen molar-refractivity contribution in [1.29, 1.82) is 0 Å². The second kappa shape index (κ2) is 10.2. The molecule has 4 nitrogen and oxygen atoms in total. The predicted molar refractivity (Wildman–Crippen MR) is 92.6 cm³/mol. The summed E-state index contributed by atoms with van der Waals surface area (Å²) in [7, 11) is 0. The summed E-state index contributed by atoms with van der Waals surface area (Å²) >= 11 is 0. The lowest BCUT2D eigenvalue weighted by atomic mass is 10.0. The zero-order valence-electron chi connectivity index (χ0n) is 15.4. The molecule has 0 saturated heterocycles. The molecule has 1 aromatic carbocycles. The van der Waals surface area contributed by atoms with E-state index in [0.29, 0.717) is 0 Å². The molecule has 0 aromatic heterocycles. The molecule has 146 valence electrons. The highest BCUT2D eigenvalue weighted by atomic mass is 19.4. The Morgan fingerprint density at radius 1 is 1.15 bits per heavy atom. The standard InChI is InChI=1S/C19H26F3NO3/c1-4-5-6-7-11-26-18(25)16(13(2)3)23-17(24)14-9-8-10-15(12-14)19(20,21)22/h8-10,12-13,16H,4-7,11H2,1-3H3,(H,23,24). The van der Waals surface area contributed by atoms with Crippen molar-refractivity contribution < 1.29 is 27.5 Å². The van der Waals surface area contributed by atoms with Gasteiger partial charge in [-0.3, -0.25) is 4.79 Å². The first-order valence-corrected chi connectivity index (χ1v) is 8.81. The van der Waals surface area contributed by atoms with Crippen molar-refractivity contribution in [3.05, 3.63) is 35.4 Å². The Morgan fingerprint density at radius 3 is 2.42 bits per heavy atom. The number of carbonyl (C=O) groups is 2. The number of rotatable bonds is 9. The lowest BCUT2D eigenvalue weighted by Gasteiger charge is -2.21. The molecule has 7 heteroatoms. The third kappa shape index (κ3) is 7.06. The monoisotopic (exact) mass is 373 g/mol. The Morgan fingerprint density at radius 2 is 1.85 bits per heavy atom. The van der Waals surface area contributed by atoms with Crippen LogP contribution >= 0.6 is 0 Å². The van der Waals surface area contributed by atoms with Gasteiger partial charge in [0, 0.05) is 5.56 Å². The largest absolute Gasteiger partial charge is 0.464 e. The van der Waals surface area contributed by atoms with Crippen molar-refractivity contribution in [3.8, 4) is 0 Å². The van der Waals surface area contributed by atoms with Crippen molar-refractivity contribution in [1.82, 2.24) is 5.32 Å². The number of alkyl halides is 3. The lowest BCUT2D eigenvalue weighted by Crippen LogP contribution is -2.45. The SMILES string of the molecule is CCCCCCOC(=O)C(NC(=O)c1cccc(C(F)(F)F)c1)C(C)C. The van der Waals surface area contributed by atoms with E-state index < -0.39 is 29.7 Å². The second-order valence-electron chi connectivity index (χ2n) is 6.50. The quantitative estimate of drug-likeness (QED) is 0.509. The predicted octanol–water partition coefficient (Wildman–Crippen LogP) is 4.58. The van der Waals surface area contributed by atoms with Crippen LogP contribution in [0.5, 0.6) is 0 Å². The fraction of sp³-hybridized carbons (Fsp3) is 0.579. The van der Waals surface area contributed by atoms with Gasteiger partial charge in [0.05, 0.1) is 12.2 Å². The topological polar surface area (TPSA) is 55.4 Å². The number of ether oxygens (including phenoxy) is 1. The number of halogens is 3. The number of esters is 1. The normalized spacial score (nSPS) is 12.7. The molecule has 26 heavy (non-hydrogen) atoms. The number of hydrogen-bond acceptors (Lipinski definition) is 3. The smallest absolute Gasteiger partial charge is 0.416 e. The van der Waals surface area contributed by atoms with Gasteiger partial charge >= 0.3 is 12.1 Å². The van der Waals surface area contributed by atoms with E-state index in [1.165, 1.54) is 6.07 Å². The van der Waals surface area contributed by atoms with Crippen LogP contribution in [0.2, 0.25) is 0 Å². The molecule has 0 aliphatic carbocycles. The van der Waals surface area contributed by atoms with E-state index in [9.17, 15) is 22.8 Å². The van der Waals surface area contributed by atoms with Gasteiger partial charge in [0.1, 0.15) is 6.04 Å². The molecule has 0 aliphatic heterocycles. The summed E-state index contributed by atoms with van der Waals surface area (Å²) in [5.74, 6) is -1.57. The van der Waals surface area contributed by atoms with Crippen LogP contribution in [0.25, 0.3) is 0 Å². The molecule has 0 radical (unpaired) electrons. The molecular formula is C19H26F3NO3. The Bertz CT molecular complexity index is 600. The fourth-order valence-corrected chi connectivity index (χ4v) is 2.35. The maximum atomic E-state index is 12.8. The summed E-state index contributed by atoms with van der Waals surface area (Å²) < 4.78 is 43.5.